The second kappa shape index (κ2) is 10.4. The van der Waals surface area contributed by atoms with Crippen molar-refractivity contribution in [3.8, 4) is 0 Å². The van der Waals surface area contributed by atoms with Gasteiger partial charge in [0.05, 0.1) is 6.04 Å². The van der Waals surface area contributed by atoms with Crippen molar-refractivity contribution >= 4 is 5.91 Å². The van der Waals surface area contributed by atoms with E-state index in [2.05, 4.69) is 50.4 Å². The first-order valence-corrected chi connectivity index (χ1v) is 8.66. The van der Waals surface area contributed by atoms with E-state index in [-0.39, 0.29) is 11.9 Å². The molecule has 124 valence electrons. The summed E-state index contributed by atoms with van der Waals surface area (Å²) in [4.78, 5) is 12.2. The normalized spacial score (nSPS) is 12.4. The summed E-state index contributed by atoms with van der Waals surface area (Å²) in [5, 5.41) is 3.20. The van der Waals surface area contributed by atoms with Crippen LogP contribution >= 0.6 is 0 Å². The number of benzene rings is 1. The Hall–Kier alpha value is -1.35. The van der Waals surface area contributed by atoms with E-state index in [1.807, 2.05) is 0 Å². The molecule has 0 fully saturated rings. The maximum atomic E-state index is 12.2. The lowest BCUT2D eigenvalue weighted by atomic mass is 9.94. The molecule has 1 unspecified atom stereocenters. The van der Waals surface area contributed by atoms with Gasteiger partial charge in [0.2, 0.25) is 5.91 Å². The first kappa shape index (κ1) is 18.7. The molecule has 1 amide bonds. The Morgan fingerprint density at radius 2 is 1.73 bits per heavy atom. The fourth-order valence-electron chi connectivity index (χ4n) is 2.62. The SMILES string of the molecule is CCc1ccc(C(NC(=O)CCCCCCN)C(C)C)cc1. The summed E-state index contributed by atoms with van der Waals surface area (Å²) in [6.45, 7) is 7.20. The number of hydrogen-bond acceptors (Lipinski definition) is 2. The Bertz CT molecular complexity index is 426. The molecule has 0 radical (unpaired) electrons. The van der Waals surface area contributed by atoms with E-state index in [0.717, 1.165) is 38.6 Å². The number of nitrogens with two attached hydrogens (primary N) is 1. The molecule has 22 heavy (non-hydrogen) atoms. The Morgan fingerprint density at radius 3 is 2.27 bits per heavy atom. The van der Waals surface area contributed by atoms with E-state index >= 15 is 0 Å². The lowest BCUT2D eigenvalue weighted by molar-refractivity contribution is -0.122. The largest absolute Gasteiger partial charge is 0.349 e. The third kappa shape index (κ3) is 6.61. The highest BCUT2D eigenvalue weighted by atomic mass is 16.1. The first-order valence-electron chi connectivity index (χ1n) is 8.66. The van der Waals surface area contributed by atoms with Crippen LogP contribution in [0.1, 0.15) is 70.0 Å². The second-order valence-electron chi connectivity index (χ2n) is 6.34. The Labute approximate surface area is 135 Å². The minimum Gasteiger partial charge on any atom is -0.349 e. The highest BCUT2D eigenvalue weighted by Crippen LogP contribution is 2.22. The zero-order chi connectivity index (χ0) is 16.4. The summed E-state index contributed by atoms with van der Waals surface area (Å²) in [5.41, 5.74) is 8.00. The molecule has 1 aromatic rings. The van der Waals surface area contributed by atoms with Gasteiger partial charge in [-0.1, -0.05) is 57.9 Å². The number of amides is 1. The molecule has 3 heteroatoms. The molecule has 3 nitrogen and oxygen atoms in total. The number of hydrogen-bond donors (Lipinski definition) is 2. The summed E-state index contributed by atoms with van der Waals surface area (Å²) >= 11 is 0. The zero-order valence-corrected chi connectivity index (χ0v) is 14.4. The number of carbonyl (C=O) groups is 1. The van der Waals surface area contributed by atoms with E-state index in [9.17, 15) is 4.79 Å². The van der Waals surface area contributed by atoms with Gasteiger partial charge in [-0.05, 0) is 42.9 Å². The molecular weight excluding hydrogens is 272 g/mol. The average Bonchev–Trinajstić information content (AvgIpc) is 2.52. The minimum absolute atomic E-state index is 0.0995. The van der Waals surface area contributed by atoms with E-state index in [1.54, 1.807) is 0 Å². The standard InChI is InChI=1S/C19H32N2O/c1-4-16-10-12-17(13-11-16)19(15(2)3)21-18(22)9-7-5-6-8-14-20/h10-13,15,19H,4-9,14,20H2,1-3H3,(H,21,22). The van der Waals surface area contributed by atoms with Crippen LogP contribution in [0.2, 0.25) is 0 Å². The van der Waals surface area contributed by atoms with Gasteiger partial charge in [-0.2, -0.15) is 0 Å². The first-order chi connectivity index (χ1) is 10.6. The molecule has 0 aliphatic heterocycles. The number of rotatable bonds is 10. The van der Waals surface area contributed by atoms with Crippen LogP contribution in [-0.4, -0.2) is 12.5 Å². The van der Waals surface area contributed by atoms with Crippen LogP contribution in [-0.2, 0) is 11.2 Å². The molecule has 0 aliphatic carbocycles. The predicted octanol–water partition coefficient (Wildman–Crippen LogP) is 3.97. The molecule has 0 spiro atoms. The molecule has 1 aromatic carbocycles. The van der Waals surface area contributed by atoms with Crippen molar-refractivity contribution in [3.63, 3.8) is 0 Å². The van der Waals surface area contributed by atoms with E-state index in [4.69, 9.17) is 5.73 Å². The molecule has 0 heterocycles. The van der Waals surface area contributed by atoms with Gasteiger partial charge >= 0.3 is 0 Å². The van der Waals surface area contributed by atoms with Crippen LogP contribution in [0.5, 0.6) is 0 Å². The average molecular weight is 304 g/mol. The molecule has 1 rings (SSSR count). The number of aryl methyl sites for hydroxylation is 1. The van der Waals surface area contributed by atoms with E-state index in [1.165, 1.54) is 11.1 Å². The van der Waals surface area contributed by atoms with Gasteiger partial charge in [-0.3, -0.25) is 4.79 Å². The van der Waals surface area contributed by atoms with Crippen LogP contribution < -0.4 is 11.1 Å². The Morgan fingerprint density at radius 1 is 1.09 bits per heavy atom. The predicted molar refractivity (Wildman–Crippen MR) is 93.7 cm³/mol. The van der Waals surface area contributed by atoms with E-state index in [0.29, 0.717) is 12.3 Å². The summed E-state index contributed by atoms with van der Waals surface area (Å²) in [6, 6.07) is 8.70. The van der Waals surface area contributed by atoms with Gasteiger partial charge in [0.25, 0.3) is 0 Å². The Kier molecular flexibility index (Phi) is 8.83. The fraction of sp³-hybridized carbons (Fsp3) is 0.632. The molecular formula is C19H32N2O. The number of unbranched alkanes of at least 4 members (excludes halogenated alkanes) is 3. The van der Waals surface area contributed by atoms with Gasteiger partial charge < -0.3 is 11.1 Å². The van der Waals surface area contributed by atoms with Crippen molar-refractivity contribution in [3.05, 3.63) is 35.4 Å². The van der Waals surface area contributed by atoms with Crippen molar-refractivity contribution in [1.29, 1.82) is 0 Å². The fourth-order valence-corrected chi connectivity index (χ4v) is 2.62. The summed E-state index contributed by atoms with van der Waals surface area (Å²) in [7, 11) is 0. The van der Waals surface area contributed by atoms with Crippen molar-refractivity contribution in [2.75, 3.05) is 6.54 Å². The molecule has 0 bridgehead atoms. The van der Waals surface area contributed by atoms with Gasteiger partial charge in [0.15, 0.2) is 0 Å². The van der Waals surface area contributed by atoms with Crippen molar-refractivity contribution in [1.82, 2.24) is 5.32 Å². The monoisotopic (exact) mass is 304 g/mol. The molecule has 0 aliphatic rings. The molecule has 1 atom stereocenters. The maximum absolute atomic E-state index is 12.2. The highest BCUT2D eigenvalue weighted by molar-refractivity contribution is 5.76. The lowest BCUT2D eigenvalue weighted by Gasteiger charge is -2.23. The quantitative estimate of drug-likeness (QED) is 0.643. The molecule has 0 aromatic heterocycles. The van der Waals surface area contributed by atoms with Crippen molar-refractivity contribution < 1.29 is 4.79 Å². The van der Waals surface area contributed by atoms with Crippen LogP contribution in [0.3, 0.4) is 0 Å². The van der Waals surface area contributed by atoms with Crippen molar-refractivity contribution in [2.45, 2.75) is 65.3 Å². The lowest BCUT2D eigenvalue weighted by Crippen LogP contribution is -2.31. The molecule has 3 N–H and O–H groups in total. The summed E-state index contributed by atoms with van der Waals surface area (Å²) in [6.07, 6.45) is 5.87. The minimum atomic E-state index is 0.0995. The van der Waals surface area contributed by atoms with Crippen LogP contribution in [0.25, 0.3) is 0 Å². The second-order valence-corrected chi connectivity index (χ2v) is 6.34. The summed E-state index contributed by atoms with van der Waals surface area (Å²) in [5.74, 6) is 0.541. The maximum Gasteiger partial charge on any atom is 0.220 e. The number of carbonyl (C=O) groups excluding carboxylic acids is 1. The molecule has 0 saturated carbocycles. The number of nitrogens with one attached hydrogen (secondary N) is 1. The smallest absolute Gasteiger partial charge is 0.220 e. The van der Waals surface area contributed by atoms with Crippen LogP contribution in [0.15, 0.2) is 24.3 Å². The zero-order valence-electron chi connectivity index (χ0n) is 14.4. The highest BCUT2D eigenvalue weighted by Gasteiger charge is 2.17. The molecule has 0 saturated heterocycles. The Balaban J connectivity index is 2.51. The van der Waals surface area contributed by atoms with Crippen LogP contribution in [0, 0.1) is 5.92 Å². The van der Waals surface area contributed by atoms with E-state index < -0.39 is 0 Å². The third-order valence-corrected chi connectivity index (χ3v) is 4.09. The van der Waals surface area contributed by atoms with Gasteiger partial charge in [-0.25, -0.2) is 0 Å². The van der Waals surface area contributed by atoms with Crippen molar-refractivity contribution in [2.24, 2.45) is 11.7 Å². The van der Waals surface area contributed by atoms with Gasteiger partial charge in [-0.15, -0.1) is 0 Å². The topological polar surface area (TPSA) is 55.1 Å². The van der Waals surface area contributed by atoms with Crippen LogP contribution in [0.4, 0.5) is 0 Å². The summed E-state index contributed by atoms with van der Waals surface area (Å²) < 4.78 is 0. The van der Waals surface area contributed by atoms with Gasteiger partial charge in [0.1, 0.15) is 0 Å². The third-order valence-electron chi connectivity index (χ3n) is 4.09. The van der Waals surface area contributed by atoms with Gasteiger partial charge in [0, 0.05) is 6.42 Å².